The normalized spacial score (nSPS) is 18.2. The maximum atomic E-state index is 11.9. The van der Waals surface area contributed by atoms with Crippen molar-refractivity contribution in [2.24, 2.45) is 0 Å². The highest BCUT2D eigenvalue weighted by Gasteiger charge is 2.15. The molecule has 1 aliphatic rings. The number of nitrogens with one attached hydrogen (secondary N) is 1. The lowest BCUT2D eigenvalue weighted by Gasteiger charge is -2.25. The molecule has 0 aromatic carbocycles. The lowest BCUT2D eigenvalue weighted by molar-refractivity contribution is -0.181. The minimum absolute atomic E-state index is 0.0280. The number of aryl methyl sites for hydroxylation is 1. The van der Waals surface area contributed by atoms with Gasteiger partial charge >= 0.3 is 0 Å². The highest BCUT2D eigenvalue weighted by Crippen LogP contribution is 2.15. The molecule has 1 unspecified atom stereocenters. The summed E-state index contributed by atoms with van der Waals surface area (Å²) in [4.78, 5) is 21.7. The molecule has 0 radical (unpaired) electrons. The van der Waals surface area contributed by atoms with Crippen LogP contribution in [0.15, 0.2) is 5.38 Å². The molecule has 1 aromatic rings. The minimum atomic E-state index is -0.0280. The number of carbonyl (C=O) groups excluding carboxylic acids is 1. The molecule has 1 fully saturated rings. The van der Waals surface area contributed by atoms with Crippen LogP contribution in [0.1, 0.15) is 42.9 Å². The molecule has 1 amide bonds. The second-order valence-electron chi connectivity index (χ2n) is 4.80. The van der Waals surface area contributed by atoms with Crippen molar-refractivity contribution in [1.29, 1.82) is 0 Å². The third-order valence-electron chi connectivity index (χ3n) is 3.12. The smallest absolute Gasteiger partial charge is 0.221 e. The Labute approximate surface area is 117 Å². The molecule has 0 aliphatic carbocycles. The summed E-state index contributed by atoms with van der Waals surface area (Å²) in [7, 11) is 0. The Morgan fingerprint density at radius 1 is 1.63 bits per heavy atom. The number of aromatic nitrogens is 1. The van der Waals surface area contributed by atoms with E-state index in [4.69, 9.17) is 4.84 Å². The van der Waals surface area contributed by atoms with Gasteiger partial charge in [0.2, 0.25) is 5.91 Å². The summed E-state index contributed by atoms with van der Waals surface area (Å²) in [6.07, 6.45) is 2.73. The van der Waals surface area contributed by atoms with E-state index in [1.54, 1.807) is 11.3 Å². The van der Waals surface area contributed by atoms with Crippen LogP contribution in [0.25, 0.3) is 0 Å². The molecule has 5 nitrogen and oxygen atoms in total. The number of rotatable bonds is 5. The zero-order chi connectivity index (χ0) is 13.7. The van der Waals surface area contributed by atoms with Crippen LogP contribution in [0.2, 0.25) is 0 Å². The van der Waals surface area contributed by atoms with Crippen LogP contribution in [-0.4, -0.2) is 35.7 Å². The Kier molecular flexibility index (Phi) is 5.30. The predicted molar refractivity (Wildman–Crippen MR) is 74.8 cm³/mol. The fourth-order valence-corrected chi connectivity index (χ4v) is 2.72. The highest BCUT2D eigenvalue weighted by molar-refractivity contribution is 7.09. The summed E-state index contributed by atoms with van der Waals surface area (Å²) >= 11 is 1.61. The van der Waals surface area contributed by atoms with Crippen molar-refractivity contribution in [3.8, 4) is 0 Å². The molecule has 0 spiro atoms. The maximum Gasteiger partial charge on any atom is 0.221 e. The van der Waals surface area contributed by atoms with Crippen molar-refractivity contribution in [1.82, 2.24) is 15.4 Å². The van der Waals surface area contributed by atoms with Crippen molar-refractivity contribution < 1.29 is 9.63 Å². The average molecular weight is 283 g/mol. The predicted octanol–water partition coefficient (Wildman–Crippen LogP) is 2.05. The zero-order valence-electron chi connectivity index (χ0n) is 11.5. The fraction of sp³-hybridized carbons (Fsp3) is 0.692. The standard InChI is InChI=1S/C13H21N3O2S/c1-10(12-9-19-11(2)15-12)14-13(17)5-7-16-6-3-4-8-18-16/h9-10H,3-8H2,1-2H3,(H,14,17). The lowest BCUT2D eigenvalue weighted by atomic mass is 10.2. The van der Waals surface area contributed by atoms with E-state index in [1.165, 1.54) is 0 Å². The van der Waals surface area contributed by atoms with E-state index in [2.05, 4.69) is 10.3 Å². The third kappa shape index (κ3) is 4.56. The Bertz CT molecular complexity index is 416. The number of amides is 1. The van der Waals surface area contributed by atoms with Gasteiger partial charge in [0.25, 0.3) is 0 Å². The van der Waals surface area contributed by atoms with Gasteiger partial charge in [0, 0.05) is 24.9 Å². The van der Waals surface area contributed by atoms with E-state index >= 15 is 0 Å². The first-order valence-corrected chi connectivity index (χ1v) is 7.62. The average Bonchev–Trinajstić information content (AvgIpc) is 2.84. The molecule has 1 saturated heterocycles. The molecule has 19 heavy (non-hydrogen) atoms. The van der Waals surface area contributed by atoms with Crippen LogP contribution < -0.4 is 5.32 Å². The maximum absolute atomic E-state index is 11.9. The van der Waals surface area contributed by atoms with E-state index in [0.717, 1.165) is 36.7 Å². The van der Waals surface area contributed by atoms with Gasteiger partial charge < -0.3 is 5.32 Å². The molecular weight excluding hydrogens is 262 g/mol. The van der Waals surface area contributed by atoms with Crippen molar-refractivity contribution in [2.45, 2.75) is 39.2 Å². The minimum Gasteiger partial charge on any atom is -0.348 e. The van der Waals surface area contributed by atoms with E-state index < -0.39 is 0 Å². The highest BCUT2D eigenvalue weighted by atomic mass is 32.1. The van der Waals surface area contributed by atoms with Crippen LogP contribution in [-0.2, 0) is 9.63 Å². The molecule has 106 valence electrons. The lowest BCUT2D eigenvalue weighted by Crippen LogP contribution is -2.35. The number of hydrogen-bond donors (Lipinski definition) is 1. The third-order valence-corrected chi connectivity index (χ3v) is 3.91. The number of hydroxylamine groups is 2. The Balaban J connectivity index is 1.71. The van der Waals surface area contributed by atoms with E-state index in [1.807, 2.05) is 24.3 Å². The Hall–Kier alpha value is -0.980. The first-order chi connectivity index (χ1) is 9.15. The number of thiazole rings is 1. The van der Waals surface area contributed by atoms with Crippen molar-refractivity contribution in [2.75, 3.05) is 19.7 Å². The van der Waals surface area contributed by atoms with Gasteiger partial charge in [0.15, 0.2) is 0 Å². The number of nitrogens with zero attached hydrogens (tertiary/aromatic N) is 2. The molecule has 0 saturated carbocycles. The van der Waals surface area contributed by atoms with Gasteiger partial charge in [0.1, 0.15) is 0 Å². The molecule has 1 aliphatic heterocycles. The molecule has 2 heterocycles. The molecule has 1 atom stereocenters. The first kappa shape index (κ1) is 14.4. The van der Waals surface area contributed by atoms with E-state index in [-0.39, 0.29) is 11.9 Å². The zero-order valence-corrected chi connectivity index (χ0v) is 12.3. The van der Waals surface area contributed by atoms with E-state index in [0.29, 0.717) is 13.0 Å². The summed E-state index contributed by atoms with van der Waals surface area (Å²) in [5.74, 6) is 0.0485. The van der Waals surface area contributed by atoms with Gasteiger partial charge in [-0.05, 0) is 26.7 Å². The summed E-state index contributed by atoms with van der Waals surface area (Å²) in [5, 5.41) is 7.88. The monoisotopic (exact) mass is 283 g/mol. The van der Waals surface area contributed by atoms with Crippen molar-refractivity contribution in [3.05, 3.63) is 16.1 Å². The fourth-order valence-electron chi connectivity index (χ4n) is 2.02. The molecular formula is C13H21N3O2S. The second-order valence-corrected chi connectivity index (χ2v) is 5.86. The van der Waals surface area contributed by atoms with Gasteiger partial charge in [-0.15, -0.1) is 11.3 Å². The van der Waals surface area contributed by atoms with Crippen LogP contribution in [0.4, 0.5) is 0 Å². The quantitative estimate of drug-likeness (QED) is 0.898. The second kappa shape index (κ2) is 6.98. The Morgan fingerprint density at radius 3 is 3.11 bits per heavy atom. The van der Waals surface area contributed by atoms with Crippen LogP contribution in [0.3, 0.4) is 0 Å². The number of carbonyl (C=O) groups is 1. The first-order valence-electron chi connectivity index (χ1n) is 6.74. The Morgan fingerprint density at radius 2 is 2.47 bits per heavy atom. The molecule has 2 rings (SSSR count). The van der Waals surface area contributed by atoms with Crippen LogP contribution in [0.5, 0.6) is 0 Å². The van der Waals surface area contributed by atoms with Crippen molar-refractivity contribution in [3.63, 3.8) is 0 Å². The molecule has 6 heteroatoms. The summed E-state index contributed by atoms with van der Waals surface area (Å²) in [5.41, 5.74) is 0.935. The largest absolute Gasteiger partial charge is 0.348 e. The van der Waals surface area contributed by atoms with Crippen LogP contribution in [0, 0.1) is 6.92 Å². The summed E-state index contributed by atoms with van der Waals surface area (Å²) in [6.45, 7) is 6.29. The van der Waals surface area contributed by atoms with Gasteiger partial charge in [-0.25, -0.2) is 4.98 Å². The summed E-state index contributed by atoms with van der Waals surface area (Å²) in [6, 6.07) is -0.0280. The molecule has 1 aromatic heterocycles. The van der Waals surface area contributed by atoms with Crippen molar-refractivity contribution >= 4 is 17.2 Å². The summed E-state index contributed by atoms with van der Waals surface area (Å²) < 4.78 is 0. The molecule has 0 bridgehead atoms. The van der Waals surface area contributed by atoms with Crippen LogP contribution >= 0.6 is 11.3 Å². The van der Waals surface area contributed by atoms with Gasteiger partial charge in [-0.1, -0.05) is 0 Å². The van der Waals surface area contributed by atoms with Gasteiger partial charge in [-0.3, -0.25) is 9.63 Å². The SMILES string of the molecule is Cc1nc(C(C)NC(=O)CCN2CCCCO2)cs1. The van der Waals surface area contributed by atoms with Gasteiger partial charge in [-0.2, -0.15) is 5.06 Å². The van der Waals surface area contributed by atoms with E-state index in [9.17, 15) is 4.79 Å². The topological polar surface area (TPSA) is 54.5 Å². The van der Waals surface area contributed by atoms with Gasteiger partial charge in [0.05, 0.1) is 23.4 Å². The molecule has 1 N–H and O–H groups in total. The number of hydrogen-bond acceptors (Lipinski definition) is 5.